The molecule has 0 radical (unpaired) electrons. The van der Waals surface area contributed by atoms with Crippen molar-refractivity contribution in [2.24, 2.45) is 0 Å². The predicted octanol–water partition coefficient (Wildman–Crippen LogP) is 1.89. The summed E-state index contributed by atoms with van der Waals surface area (Å²) in [7, 11) is 6.60. The van der Waals surface area contributed by atoms with Gasteiger partial charge in [-0.2, -0.15) is 0 Å². The number of carbonyl (C=O) groups is 1. The van der Waals surface area contributed by atoms with Gasteiger partial charge in [0.25, 0.3) is 0 Å². The van der Waals surface area contributed by atoms with Gasteiger partial charge in [-0.25, -0.2) is 0 Å². The molecule has 0 aromatic heterocycles. The standard InChI is InChI=1S/C17H26N2O4.ClH/c1-19(13-5-7-18-8-6-13)16(20)11-12-9-14(21-2)17(23-4)15(10-12)22-3;/h9-10,13,18H,5-8,11H2,1-4H3;1H. The summed E-state index contributed by atoms with van der Waals surface area (Å²) in [6.45, 7) is 1.93. The highest BCUT2D eigenvalue weighted by molar-refractivity contribution is 5.85. The molecule has 1 aliphatic rings. The second-order valence-electron chi connectivity index (χ2n) is 5.70. The van der Waals surface area contributed by atoms with E-state index in [1.54, 1.807) is 21.3 Å². The highest BCUT2D eigenvalue weighted by Gasteiger charge is 2.23. The number of ether oxygens (including phenoxy) is 3. The van der Waals surface area contributed by atoms with Gasteiger partial charge in [0.2, 0.25) is 11.7 Å². The van der Waals surface area contributed by atoms with Crippen LogP contribution in [0.25, 0.3) is 0 Å². The molecule has 6 nitrogen and oxygen atoms in total. The maximum Gasteiger partial charge on any atom is 0.226 e. The molecule has 136 valence electrons. The Bertz CT molecular complexity index is 522. The SMILES string of the molecule is COc1cc(CC(=O)N(C)C2CCNCC2)cc(OC)c1OC.Cl. The van der Waals surface area contributed by atoms with E-state index < -0.39 is 0 Å². The van der Waals surface area contributed by atoms with Crippen LogP contribution < -0.4 is 19.5 Å². The molecule has 1 aliphatic heterocycles. The minimum Gasteiger partial charge on any atom is -0.493 e. The number of likely N-dealkylation sites (N-methyl/N-ethyl adjacent to an activating group) is 1. The van der Waals surface area contributed by atoms with Crippen molar-refractivity contribution in [1.82, 2.24) is 10.2 Å². The lowest BCUT2D eigenvalue weighted by atomic mass is 10.0. The zero-order chi connectivity index (χ0) is 16.8. The maximum atomic E-state index is 12.6. The fourth-order valence-corrected chi connectivity index (χ4v) is 2.93. The highest BCUT2D eigenvalue weighted by atomic mass is 35.5. The van der Waals surface area contributed by atoms with Gasteiger partial charge in [0.05, 0.1) is 27.8 Å². The van der Waals surface area contributed by atoms with Crippen LogP contribution in [0.1, 0.15) is 18.4 Å². The van der Waals surface area contributed by atoms with Gasteiger partial charge >= 0.3 is 0 Å². The van der Waals surface area contributed by atoms with E-state index in [9.17, 15) is 4.79 Å². The van der Waals surface area contributed by atoms with E-state index in [0.717, 1.165) is 31.5 Å². The number of amides is 1. The highest BCUT2D eigenvalue weighted by Crippen LogP contribution is 2.38. The first kappa shape index (κ1) is 20.4. The molecule has 1 amide bonds. The van der Waals surface area contributed by atoms with Gasteiger partial charge in [0.15, 0.2) is 11.5 Å². The van der Waals surface area contributed by atoms with Gasteiger partial charge < -0.3 is 24.4 Å². The van der Waals surface area contributed by atoms with E-state index in [0.29, 0.717) is 29.7 Å². The molecule has 0 unspecified atom stereocenters. The third-order valence-corrected chi connectivity index (χ3v) is 4.33. The number of nitrogens with zero attached hydrogens (tertiary/aromatic N) is 1. The van der Waals surface area contributed by atoms with Crippen LogP contribution in [0.4, 0.5) is 0 Å². The smallest absolute Gasteiger partial charge is 0.226 e. The summed E-state index contributed by atoms with van der Waals surface area (Å²) in [4.78, 5) is 14.4. The lowest BCUT2D eigenvalue weighted by Crippen LogP contribution is -2.44. The summed E-state index contributed by atoms with van der Waals surface area (Å²) < 4.78 is 16.0. The van der Waals surface area contributed by atoms with Crippen molar-refractivity contribution in [3.8, 4) is 17.2 Å². The van der Waals surface area contributed by atoms with Crippen molar-refractivity contribution in [3.63, 3.8) is 0 Å². The van der Waals surface area contributed by atoms with Crippen LogP contribution >= 0.6 is 12.4 Å². The van der Waals surface area contributed by atoms with E-state index in [1.807, 2.05) is 24.1 Å². The number of hydrogen-bond donors (Lipinski definition) is 1. The van der Waals surface area contributed by atoms with E-state index in [2.05, 4.69) is 5.32 Å². The fourth-order valence-electron chi connectivity index (χ4n) is 2.93. The van der Waals surface area contributed by atoms with Crippen molar-refractivity contribution in [2.45, 2.75) is 25.3 Å². The van der Waals surface area contributed by atoms with Gasteiger partial charge in [-0.05, 0) is 43.6 Å². The summed E-state index contributed by atoms with van der Waals surface area (Å²) in [5.74, 6) is 1.78. The monoisotopic (exact) mass is 358 g/mol. The molecule has 24 heavy (non-hydrogen) atoms. The Morgan fingerprint density at radius 3 is 2.12 bits per heavy atom. The third kappa shape index (κ3) is 4.68. The van der Waals surface area contributed by atoms with Crippen LogP contribution in [0.15, 0.2) is 12.1 Å². The molecule has 1 N–H and O–H groups in total. The fraction of sp³-hybridized carbons (Fsp3) is 0.588. The first-order valence-corrected chi connectivity index (χ1v) is 7.86. The molecule has 7 heteroatoms. The first-order valence-electron chi connectivity index (χ1n) is 7.86. The van der Waals surface area contributed by atoms with Crippen LogP contribution in [0.2, 0.25) is 0 Å². The summed E-state index contributed by atoms with van der Waals surface area (Å²) in [6, 6.07) is 3.97. The molecule has 1 saturated heterocycles. The molecule has 0 saturated carbocycles. The van der Waals surface area contributed by atoms with Crippen molar-refractivity contribution < 1.29 is 19.0 Å². The molecule has 0 spiro atoms. The van der Waals surface area contributed by atoms with Gasteiger partial charge in [0, 0.05) is 13.1 Å². The lowest BCUT2D eigenvalue weighted by Gasteiger charge is -2.31. The molecule has 1 aromatic rings. The second-order valence-corrected chi connectivity index (χ2v) is 5.70. The normalized spacial score (nSPS) is 14.5. The molecular weight excluding hydrogens is 332 g/mol. The molecule has 1 heterocycles. The minimum atomic E-state index is 0. The Morgan fingerprint density at radius 1 is 1.12 bits per heavy atom. The Hall–Kier alpha value is -1.66. The van der Waals surface area contributed by atoms with E-state index in [4.69, 9.17) is 14.2 Å². The van der Waals surface area contributed by atoms with Gasteiger partial charge in [0.1, 0.15) is 0 Å². The summed E-state index contributed by atoms with van der Waals surface area (Å²) in [6.07, 6.45) is 2.31. The summed E-state index contributed by atoms with van der Waals surface area (Å²) in [5.41, 5.74) is 0.852. The topological polar surface area (TPSA) is 60.0 Å². The molecule has 0 bridgehead atoms. The number of halogens is 1. The van der Waals surface area contributed by atoms with Crippen LogP contribution in [0.3, 0.4) is 0 Å². The van der Waals surface area contributed by atoms with Gasteiger partial charge in [-0.3, -0.25) is 4.79 Å². The number of piperidine rings is 1. The minimum absolute atomic E-state index is 0. The lowest BCUT2D eigenvalue weighted by molar-refractivity contribution is -0.131. The molecule has 0 aliphatic carbocycles. The molecule has 1 fully saturated rings. The van der Waals surface area contributed by atoms with Gasteiger partial charge in [-0.15, -0.1) is 12.4 Å². The van der Waals surface area contributed by atoms with Crippen molar-refractivity contribution in [2.75, 3.05) is 41.5 Å². The average Bonchev–Trinajstić information content (AvgIpc) is 2.60. The molecule has 1 aromatic carbocycles. The number of nitrogens with one attached hydrogen (secondary N) is 1. The first-order chi connectivity index (χ1) is 11.1. The molecular formula is C17H27ClN2O4. The van der Waals surface area contributed by atoms with E-state index >= 15 is 0 Å². The van der Waals surface area contributed by atoms with Crippen LogP contribution in [-0.4, -0.2) is 58.3 Å². The third-order valence-electron chi connectivity index (χ3n) is 4.33. The van der Waals surface area contributed by atoms with Gasteiger partial charge in [-0.1, -0.05) is 0 Å². The number of benzene rings is 1. The Kier molecular flexibility index (Phi) is 8.15. The van der Waals surface area contributed by atoms with Crippen molar-refractivity contribution in [1.29, 1.82) is 0 Å². The molecule has 2 rings (SSSR count). The Balaban J connectivity index is 0.00000288. The predicted molar refractivity (Wildman–Crippen MR) is 95.7 cm³/mol. The summed E-state index contributed by atoms with van der Waals surface area (Å²) >= 11 is 0. The largest absolute Gasteiger partial charge is 0.493 e. The number of carbonyl (C=O) groups excluding carboxylic acids is 1. The van der Waals surface area contributed by atoms with Crippen LogP contribution in [0.5, 0.6) is 17.2 Å². The average molecular weight is 359 g/mol. The van der Waals surface area contributed by atoms with Crippen LogP contribution in [0, 0.1) is 0 Å². The maximum absolute atomic E-state index is 12.6. The van der Waals surface area contributed by atoms with Crippen molar-refractivity contribution in [3.05, 3.63) is 17.7 Å². The number of methoxy groups -OCH3 is 3. The number of rotatable bonds is 6. The van der Waals surface area contributed by atoms with Crippen molar-refractivity contribution >= 4 is 18.3 Å². The van der Waals surface area contributed by atoms with E-state index in [1.165, 1.54) is 0 Å². The Morgan fingerprint density at radius 2 is 1.67 bits per heavy atom. The molecule has 0 atom stereocenters. The zero-order valence-electron chi connectivity index (χ0n) is 14.8. The second kappa shape index (κ2) is 9.59. The Labute approximate surface area is 149 Å². The van der Waals surface area contributed by atoms with Crippen LogP contribution in [-0.2, 0) is 11.2 Å². The van der Waals surface area contributed by atoms with E-state index in [-0.39, 0.29) is 18.3 Å². The summed E-state index contributed by atoms with van der Waals surface area (Å²) in [5, 5.41) is 3.32. The number of hydrogen-bond acceptors (Lipinski definition) is 5. The quantitative estimate of drug-likeness (QED) is 0.841. The zero-order valence-corrected chi connectivity index (χ0v) is 15.6.